The number of allylic oxidation sites excluding steroid dienone is 4. The molecule has 6 aliphatic rings. The van der Waals surface area contributed by atoms with Gasteiger partial charge in [-0.25, -0.2) is 0 Å². The maximum Gasteiger partial charge on any atom is 0.147 e. The Bertz CT molecular complexity index is 397. The third kappa shape index (κ3) is 0.625. The van der Waals surface area contributed by atoms with Crippen LogP contribution in [0.25, 0.3) is 0 Å². The molecule has 0 amide bonds. The van der Waals surface area contributed by atoms with Crippen LogP contribution in [0.3, 0.4) is 0 Å². The van der Waals surface area contributed by atoms with Gasteiger partial charge in [0.05, 0.1) is 0 Å². The first-order chi connectivity index (χ1) is 7.36. The minimum Gasteiger partial charge on any atom is -0.298 e. The van der Waals surface area contributed by atoms with Crippen molar-refractivity contribution < 1.29 is 4.79 Å². The Hall–Kier alpha value is -0.850. The molecule has 0 spiro atoms. The minimum absolute atomic E-state index is 0.305. The van der Waals surface area contributed by atoms with Crippen molar-refractivity contribution in [2.45, 2.75) is 6.42 Å². The van der Waals surface area contributed by atoms with E-state index in [9.17, 15) is 4.79 Å². The smallest absolute Gasteiger partial charge is 0.147 e. The van der Waals surface area contributed by atoms with Gasteiger partial charge in [-0.15, -0.1) is 0 Å². The Morgan fingerprint density at radius 1 is 0.867 bits per heavy atom. The molecule has 6 rings (SSSR count). The summed E-state index contributed by atoms with van der Waals surface area (Å²) in [6, 6.07) is 0. The van der Waals surface area contributed by atoms with Crippen molar-refractivity contribution >= 4 is 5.78 Å². The molecule has 4 bridgehead atoms. The van der Waals surface area contributed by atoms with Crippen molar-refractivity contribution in [1.29, 1.82) is 0 Å². The molecule has 15 heavy (non-hydrogen) atoms. The number of carbonyl (C=O) groups is 1. The number of ketones is 1. The Kier molecular flexibility index (Phi) is 0.991. The number of Topliss-reactive ketones (excluding diaryl/α,β-unsaturated/α-hetero) is 1. The second kappa shape index (κ2) is 2.00. The third-order valence-electron chi connectivity index (χ3n) is 5.78. The Balaban J connectivity index is 1.73. The number of carbonyl (C=O) groups excluding carboxylic acids is 1. The molecule has 0 aromatic carbocycles. The molecule has 6 aliphatic carbocycles. The van der Waals surface area contributed by atoms with Crippen LogP contribution in [0.15, 0.2) is 24.3 Å². The number of hydrogen-bond donors (Lipinski definition) is 0. The summed E-state index contributed by atoms with van der Waals surface area (Å²) >= 11 is 0. The van der Waals surface area contributed by atoms with Crippen LogP contribution in [-0.2, 0) is 4.79 Å². The van der Waals surface area contributed by atoms with Gasteiger partial charge in [0.1, 0.15) is 5.78 Å². The Labute approximate surface area is 89.2 Å². The van der Waals surface area contributed by atoms with Crippen LogP contribution in [0.4, 0.5) is 0 Å². The van der Waals surface area contributed by atoms with E-state index in [0.29, 0.717) is 29.5 Å². The van der Waals surface area contributed by atoms with Crippen molar-refractivity contribution in [2.24, 2.45) is 47.3 Å². The van der Waals surface area contributed by atoms with Crippen LogP contribution >= 0.6 is 0 Å². The number of hydrogen-bond acceptors (Lipinski definition) is 1. The van der Waals surface area contributed by atoms with Crippen LogP contribution < -0.4 is 0 Å². The summed E-state index contributed by atoms with van der Waals surface area (Å²) in [5.74, 6) is 5.99. The van der Waals surface area contributed by atoms with E-state index in [1.165, 1.54) is 6.42 Å². The molecule has 0 aliphatic heterocycles. The Morgan fingerprint density at radius 3 is 1.93 bits per heavy atom. The van der Waals surface area contributed by atoms with E-state index in [-0.39, 0.29) is 0 Å². The fourth-order valence-corrected chi connectivity index (χ4v) is 5.25. The van der Waals surface area contributed by atoms with E-state index in [1.54, 1.807) is 0 Å². The van der Waals surface area contributed by atoms with E-state index in [0.717, 1.165) is 23.7 Å². The van der Waals surface area contributed by atoms with Crippen LogP contribution in [0.1, 0.15) is 6.42 Å². The highest BCUT2D eigenvalue weighted by Gasteiger charge is 2.67. The van der Waals surface area contributed by atoms with Crippen molar-refractivity contribution in [3.8, 4) is 0 Å². The lowest BCUT2D eigenvalue weighted by Gasteiger charge is -2.44. The standard InChI is InChI=1S/C14H14O/c15-14-8-3-4-9(14)13-7-2-1-6(12(8)13)10-5-11(7)10/h1-4,6-13H,5H2/t6-,7+,8-,9+,10+,11-,12+,13-. The van der Waals surface area contributed by atoms with Gasteiger partial charge in [-0.2, -0.15) is 0 Å². The second-order valence-electron chi connectivity index (χ2n) is 6.10. The summed E-state index contributed by atoms with van der Waals surface area (Å²) in [4.78, 5) is 12.1. The molecule has 0 aromatic heterocycles. The zero-order chi connectivity index (χ0) is 9.73. The van der Waals surface area contributed by atoms with E-state index in [1.807, 2.05) is 0 Å². The lowest BCUT2D eigenvalue weighted by Crippen LogP contribution is -2.40. The van der Waals surface area contributed by atoms with Gasteiger partial charge in [0.25, 0.3) is 0 Å². The number of fused-ring (bicyclic) bond motifs is 2. The minimum atomic E-state index is 0.305. The molecule has 8 atom stereocenters. The number of rotatable bonds is 0. The average molecular weight is 198 g/mol. The average Bonchev–Trinajstić information content (AvgIpc) is 2.97. The molecule has 0 N–H and O–H groups in total. The van der Waals surface area contributed by atoms with Gasteiger partial charge < -0.3 is 0 Å². The van der Waals surface area contributed by atoms with Gasteiger partial charge in [-0.05, 0) is 41.9 Å². The second-order valence-corrected chi connectivity index (χ2v) is 6.10. The molecular formula is C14H14O. The summed E-state index contributed by atoms with van der Waals surface area (Å²) in [6.45, 7) is 0. The van der Waals surface area contributed by atoms with Gasteiger partial charge in [0.2, 0.25) is 0 Å². The van der Waals surface area contributed by atoms with Crippen molar-refractivity contribution in [1.82, 2.24) is 0 Å². The predicted molar refractivity (Wildman–Crippen MR) is 55.8 cm³/mol. The summed E-state index contributed by atoms with van der Waals surface area (Å²) in [7, 11) is 0. The highest BCUT2D eigenvalue weighted by molar-refractivity contribution is 5.92. The molecule has 1 heteroatoms. The maximum absolute atomic E-state index is 12.1. The van der Waals surface area contributed by atoms with Crippen LogP contribution in [0.5, 0.6) is 0 Å². The first-order valence-corrected chi connectivity index (χ1v) is 6.26. The highest BCUT2D eigenvalue weighted by atomic mass is 16.1. The van der Waals surface area contributed by atoms with Crippen LogP contribution in [0, 0.1) is 47.3 Å². The van der Waals surface area contributed by atoms with E-state index in [4.69, 9.17) is 0 Å². The van der Waals surface area contributed by atoms with Crippen molar-refractivity contribution in [3.05, 3.63) is 24.3 Å². The maximum atomic E-state index is 12.1. The third-order valence-corrected chi connectivity index (χ3v) is 5.78. The van der Waals surface area contributed by atoms with E-state index >= 15 is 0 Å². The van der Waals surface area contributed by atoms with E-state index < -0.39 is 0 Å². The molecule has 0 radical (unpaired) electrons. The van der Waals surface area contributed by atoms with Gasteiger partial charge in [0.15, 0.2) is 0 Å². The summed E-state index contributed by atoms with van der Waals surface area (Å²) < 4.78 is 0. The molecular weight excluding hydrogens is 184 g/mol. The zero-order valence-corrected chi connectivity index (χ0v) is 8.54. The molecule has 76 valence electrons. The van der Waals surface area contributed by atoms with E-state index in [2.05, 4.69) is 24.3 Å². The summed E-state index contributed by atoms with van der Waals surface area (Å²) in [5.41, 5.74) is 0. The molecule has 1 nitrogen and oxygen atoms in total. The fourth-order valence-electron chi connectivity index (χ4n) is 5.25. The van der Waals surface area contributed by atoms with Crippen LogP contribution in [-0.4, -0.2) is 5.78 Å². The van der Waals surface area contributed by atoms with Crippen molar-refractivity contribution in [3.63, 3.8) is 0 Å². The molecule has 0 unspecified atom stereocenters. The molecule has 0 aromatic rings. The monoisotopic (exact) mass is 198 g/mol. The van der Waals surface area contributed by atoms with Gasteiger partial charge in [-0.1, -0.05) is 24.3 Å². The summed E-state index contributed by atoms with van der Waals surface area (Å²) in [6.07, 6.45) is 10.8. The molecule has 0 heterocycles. The lowest BCUT2D eigenvalue weighted by molar-refractivity contribution is -0.121. The molecule has 0 saturated heterocycles. The highest BCUT2D eigenvalue weighted by Crippen LogP contribution is 2.69. The molecule has 3 fully saturated rings. The first kappa shape index (κ1) is 7.43. The van der Waals surface area contributed by atoms with Gasteiger partial charge in [-0.3, -0.25) is 4.79 Å². The topological polar surface area (TPSA) is 17.1 Å². The summed E-state index contributed by atoms with van der Waals surface area (Å²) in [5, 5.41) is 0. The van der Waals surface area contributed by atoms with Crippen LogP contribution in [0.2, 0.25) is 0 Å². The SMILES string of the molecule is O=C1[C@H]2C=C[C@@H]1[C@@H]1[C@@H]3C=C[C@@H]([C@H]4C[C@@H]34)[C@@H]12. The quantitative estimate of drug-likeness (QED) is 0.544. The fraction of sp³-hybridized carbons (Fsp3) is 0.643. The van der Waals surface area contributed by atoms with Gasteiger partial charge in [0, 0.05) is 11.8 Å². The van der Waals surface area contributed by atoms with Crippen molar-refractivity contribution in [2.75, 3.05) is 0 Å². The Morgan fingerprint density at radius 2 is 1.40 bits per heavy atom. The zero-order valence-electron chi connectivity index (χ0n) is 8.54. The first-order valence-electron chi connectivity index (χ1n) is 6.26. The predicted octanol–water partition coefficient (Wildman–Crippen LogP) is 2.06. The van der Waals surface area contributed by atoms with Gasteiger partial charge >= 0.3 is 0 Å². The lowest BCUT2D eigenvalue weighted by atomic mass is 9.59. The largest absolute Gasteiger partial charge is 0.298 e. The molecule has 3 saturated carbocycles. The normalized spacial score (nSPS) is 66.0.